The van der Waals surface area contributed by atoms with Crippen molar-refractivity contribution in [3.8, 4) is 0 Å². The summed E-state index contributed by atoms with van der Waals surface area (Å²) in [6, 6.07) is 11.7. The summed E-state index contributed by atoms with van der Waals surface area (Å²) < 4.78 is 0. The van der Waals surface area contributed by atoms with Gasteiger partial charge in [0.05, 0.1) is 0 Å². The molecule has 2 aromatic carbocycles. The maximum Gasteiger partial charge on any atom is 0.325 e. The van der Waals surface area contributed by atoms with Crippen molar-refractivity contribution in [1.82, 2.24) is 20.9 Å². The third kappa shape index (κ3) is 4.06. The molecule has 1 fully saturated rings. The largest absolute Gasteiger partial charge is 0.338 e. The number of hydrogen-bond acceptors (Lipinski definition) is 4. The standard InChI is InChI=1S/C21H24N4O4/c1-13(2)11-22-19(28)23-17(26)12-25-18(27)21(3,24-20(25)29)16-10-6-8-14-7-4-5-9-15(14)16/h4-10,13H,11-12H2,1-3H3,(H,24,29)(H2,22,23,26,28). The second-order valence-corrected chi connectivity index (χ2v) is 7.63. The van der Waals surface area contributed by atoms with E-state index in [0.717, 1.165) is 15.7 Å². The Kier molecular flexibility index (Phi) is 5.54. The van der Waals surface area contributed by atoms with Crippen LogP contribution in [0.3, 0.4) is 0 Å². The summed E-state index contributed by atoms with van der Waals surface area (Å²) in [5.41, 5.74) is -0.662. The van der Waals surface area contributed by atoms with Crippen LogP contribution in [0.4, 0.5) is 9.59 Å². The number of amides is 6. The van der Waals surface area contributed by atoms with E-state index in [1.165, 1.54) is 0 Å². The topological polar surface area (TPSA) is 108 Å². The smallest absolute Gasteiger partial charge is 0.325 e. The Hall–Kier alpha value is -3.42. The van der Waals surface area contributed by atoms with Gasteiger partial charge in [0.25, 0.3) is 5.91 Å². The molecule has 1 unspecified atom stereocenters. The quantitative estimate of drug-likeness (QED) is 0.673. The highest BCUT2D eigenvalue weighted by molar-refractivity contribution is 6.11. The van der Waals surface area contributed by atoms with E-state index >= 15 is 0 Å². The minimum absolute atomic E-state index is 0.225. The zero-order valence-corrected chi connectivity index (χ0v) is 16.6. The number of nitrogens with one attached hydrogen (secondary N) is 3. The van der Waals surface area contributed by atoms with E-state index in [1.807, 2.05) is 50.2 Å². The van der Waals surface area contributed by atoms with E-state index in [4.69, 9.17) is 0 Å². The first-order chi connectivity index (χ1) is 13.7. The Morgan fingerprint density at radius 2 is 1.79 bits per heavy atom. The SMILES string of the molecule is CC(C)CNC(=O)NC(=O)CN1C(=O)NC(C)(c2cccc3ccccc23)C1=O. The summed E-state index contributed by atoms with van der Waals surface area (Å²) in [6.45, 7) is 5.32. The second-order valence-electron chi connectivity index (χ2n) is 7.63. The van der Waals surface area contributed by atoms with E-state index < -0.39 is 36.0 Å². The van der Waals surface area contributed by atoms with Crippen LogP contribution in [0.1, 0.15) is 26.3 Å². The molecule has 0 bridgehead atoms. The molecule has 29 heavy (non-hydrogen) atoms. The van der Waals surface area contributed by atoms with Gasteiger partial charge in [-0.15, -0.1) is 0 Å². The molecule has 1 heterocycles. The van der Waals surface area contributed by atoms with E-state index in [2.05, 4.69) is 16.0 Å². The van der Waals surface area contributed by atoms with Gasteiger partial charge in [-0.2, -0.15) is 0 Å². The van der Waals surface area contributed by atoms with Crippen molar-refractivity contribution in [1.29, 1.82) is 0 Å². The minimum Gasteiger partial charge on any atom is -0.338 e. The predicted octanol–water partition coefficient (Wildman–Crippen LogP) is 2.09. The first-order valence-corrected chi connectivity index (χ1v) is 9.42. The Labute approximate surface area is 168 Å². The lowest BCUT2D eigenvalue weighted by Crippen LogP contribution is -2.47. The van der Waals surface area contributed by atoms with E-state index in [0.29, 0.717) is 12.1 Å². The molecule has 0 saturated carbocycles. The number of imide groups is 2. The molecule has 0 aliphatic carbocycles. The van der Waals surface area contributed by atoms with Crippen LogP contribution in [0.5, 0.6) is 0 Å². The Bertz CT molecular complexity index is 982. The fraction of sp³-hybridized carbons (Fsp3) is 0.333. The molecule has 3 rings (SSSR count). The highest BCUT2D eigenvalue weighted by atomic mass is 16.2. The summed E-state index contributed by atoms with van der Waals surface area (Å²) in [7, 11) is 0. The lowest BCUT2D eigenvalue weighted by atomic mass is 9.88. The highest BCUT2D eigenvalue weighted by Crippen LogP contribution is 2.33. The van der Waals surface area contributed by atoms with Crippen LogP contribution in [0, 0.1) is 5.92 Å². The number of carbonyl (C=O) groups excluding carboxylic acids is 4. The normalized spacial score (nSPS) is 18.8. The van der Waals surface area contributed by atoms with E-state index in [1.54, 1.807) is 13.0 Å². The molecular formula is C21H24N4O4. The maximum atomic E-state index is 13.1. The van der Waals surface area contributed by atoms with Crippen LogP contribution in [0.2, 0.25) is 0 Å². The molecule has 1 aliphatic rings. The lowest BCUT2D eigenvalue weighted by molar-refractivity contribution is -0.134. The summed E-state index contributed by atoms with van der Waals surface area (Å²) in [4.78, 5) is 50.3. The Morgan fingerprint density at radius 3 is 2.52 bits per heavy atom. The van der Waals surface area contributed by atoms with Gasteiger partial charge in [0, 0.05) is 6.54 Å². The first kappa shape index (κ1) is 20.3. The third-order valence-corrected chi connectivity index (χ3v) is 4.83. The lowest BCUT2D eigenvalue weighted by Gasteiger charge is -2.24. The fourth-order valence-electron chi connectivity index (χ4n) is 3.34. The minimum atomic E-state index is -1.31. The second kappa shape index (κ2) is 7.90. The molecule has 152 valence electrons. The molecule has 1 atom stereocenters. The average molecular weight is 396 g/mol. The van der Waals surface area contributed by atoms with Gasteiger partial charge in [-0.1, -0.05) is 56.3 Å². The molecule has 6 amide bonds. The molecular weight excluding hydrogens is 372 g/mol. The first-order valence-electron chi connectivity index (χ1n) is 9.42. The number of carbonyl (C=O) groups is 4. The van der Waals surface area contributed by atoms with Gasteiger partial charge < -0.3 is 10.6 Å². The summed E-state index contributed by atoms with van der Waals surface area (Å²) in [5.74, 6) is -1.06. The van der Waals surface area contributed by atoms with Crippen molar-refractivity contribution in [2.75, 3.05) is 13.1 Å². The van der Waals surface area contributed by atoms with Crippen molar-refractivity contribution in [3.05, 3.63) is 48.0 Å². The summed E-state index contributed by atoms with van der Waals surface area (Å²) in [5, 5.41) is 9.15. The number of nitrogens with zero attached hydrogens (tertiary/aromatic N) is 1. The number of urea groups is 2. The third-order valence-electron chi connectivity index (χ3n) is 4.83. The molecule has 2 aromatic rings. The van der Waals surface area contributed by atoms with Gasteiger partial charge in [0.1, 0.15) is 12.1 Å². The summed E-state index contributed by atoms with van der Waals surface area (Å²) in [6.07, 6.45) is 0. The fourth-order valence-corrected chi connectivity index (χ4v) is 3.34. The number of benzene rings is 2. The van der Waals surface area contributed by atoms with Crippen LogP contribution in [0.25, 0.3) is 10.8 Å². The van der Waals surface area contributed by atoms with Crippen LogP contribution >= 0.6 is 0 Å². The van der Waals surface area contributed by atoms with Crippen molar-refractivity contribution >= 4 is 34.6 Å². The molecule has 8 heteroatoms. The van der Waals surface area contributed by atoms with E-state index in [-0.39, 0.29) is 5.92 Å². The average Bonchev–Trinajstić information content (AvgIpc) is 2.89. The molecule has 1 saturated heterocycles. The molecule has 0 radical (unpaired) electrons. The van der Waals surface area contributed by atoms with Gasteiger partial charge in [-0.3, -0.25) is 19.8 Å². The molecule has 1 aliphatic heterocycles. The van der Waals surface area contributed by atoms with Crippen molar-refractivity contribution in [2.24, 2.45) is 5.92 Å². The van der Waals surface area contributed by atoms with Crippen LogP contribution in [0.15, 0.2) is 42.5 Å². The van der Waals surface area contributed by atoms with Gasteiger partial charge in [0.2, 0.25) is 5.91 Å². The molecule has 3 N–H and O–H groups in total. The van der Waals surface area contributed by atoms with Gasteiger partial charge in [0.15, 0.2) is 0 Å². The Balaban J connectivity index is 1.77. The van der Waals surface area contributed by atoms with Crippen molar-refractivity contribution < 1.29 is 19.2 Å². The van der Waals surface area contributed by atoms with Gasteiger partial charge in [-0.25, -0.2) is 9.59 Å². The zero-order valence-electron chi connectivity index (χ0n) is 16.6. The van der Waals surface area contributed by atoms with Gasteiger partial charge in [-0.05, 0) is 29.2 Å². The van der Waals surface area contributed by atoms with Crippen molar-refractivity contribution in [3.63, 3.8) is 0 Å². The number of hydrogen-bond donors (Lipinski definition) is 3. The summed E-state index contributed by atoms with van der Waals surface area (Å²) >= 11 is 0. The predicted molar refractivity (Wildman–Crippen MR) is 108 cm³/mol. The van der Waals surface area contributed by atoms with Crippen molar-refractivity contribution in [2.45, 2.75) is 26.3 Å². The molecule has 8 nitrogen and oxygen atoms in total. The van der Waals surface area contributed by atoms with Crippen LogP contribution < -0.4 is 16.0 Å². The molecule has 0 aromatic heterocycles. The highest BCUT2D eigenvalue weighted by Gasteiger charge is 2.50. The maximum absolute atomic E-state index is 13.1. The Morgan fingerprint density at radius 1 is 1.10 bits per heavy atom. The number of rotatable bonds is 5. The van der Waals surface area contributed by atoms with Crippen LogP contribution in [-0.2, 0) is 15.1 Å². The van der Waals surface area contributed by atoms with Crippen LogP contribution in [-0.4, -0.2) is 41.9 Å². The monoisotopic (exact) mass is 396 g/mol. The van der Waals surface area contributed by atoms with E-state index in [9.17, 15) is 19.2 Å². The number of fused-ring (bicyclic) bond motifs is 1. The van der Waals surface area contributed by atoms with Gasteiger partial charge >= 0.3 is 12.1 Å². The zero-order chi connectivity index (χ0) is 21.2. The molecule has 0 spiro atoms.